The Balaban J connectivity index is 1.89. The van der Waals surface area contributed by atoms with Gasteiger partial charge in [-0.15, -0.1) is 11.3 Å². The number of nitrogens with one attached hydrogen (secondary N) is 1. The van der Waals surface area contributed by atoms with Crippen LogP contribution in [0.4, 0.5) is 4.79 Å². The van der Waals surface area contributed by atoms with Gasteiger partial charge in [-0.2, -0.15) is 5.26 Å². The summed E-state index contributed by atoms with van der Waals surface area (Å²) < 4.78 is 5.16. The Morgan fingerprint density at radius 2 is 2.32 bits per heavy atom. The topological polar surface area (TPSA) is 82.4 Å². The fourth-order valence-electron chi connectivity index (χ4n) is 2.19. The standard InChI is InChI=1S/C15H19N3O3S/c1-15(2,3)21-14(20)17-12-4-5-18(13(12)19)8-11-6-10(7-16)9-22-11/h6,9,12H,4-5,8H2,1-3H3,(H,17,20)/t12-/m0/s1. The molecule has 6 nitrogen and oxygen atoms in total. The van der Waals surface area contributed by atoms with Gasteiger partial charge in [-0.05, 0) is 33.3 Å². The smallest absolute Gasteiger partial charge is 0.408 e. The molecule has 1 fully saturated rings. The number of nitriles is 1. The molecule has 2 amide bonds. The van der Waals surface area contributed by atoms with Crippen molar-refractivity contribution < 1.29 is 14.3 Å². The number of ether oxygens (including phenoxy) is 1. The van der Waals surface area contributed by atoms with Crippen LogP contribution in [0.3, 0.4) is 0 Å². The molecule has 2 heterocycles. The number of hydrogen-bond donors (Lipinski definition) is 1. The van der Waals surface area contributed by atoms with Crippen molar-refractivity contribution in [3.05, 3.63) is 21.9 Å². The van der Waals surface area contributed by atoms with Crippen molar-refractivity contribution in [3.63, 3.8) is 0 Å². The van der Waals surface area contributed by atoms with E-state index in [1.807, 2.05) is 0 Å². The molecular weight excluding hydrogens is 302 g/mol. The van der Waals surface area contributed by atoms with E-state index in [9.17, 15) is 9.59 Å². The largest absolute Gasteiger partial charge is 0.444 e. The Bertz CT molecular complexity index is 612. The molecule has 0 bridgehead atoms. The van der Waals surface area contributed by atoms with Gasteiger partial charge in [-0.3, -0.25) is 4.79 Å². The van der Waals surface area contributed by atoms with E-state index < -0.39 is 17.7 Å². The summed E-state index contributed by atoms with van der Waals surface area (Å²) in [5.41, 5.74) is 0.0193. The summed E-state index contributed by atoms with van der Waals surface area (Å²) in [5.74, 6) is -0.113. The summed E-state index contributed by atoms with van der Waals surface area (Å²) in [5, 5.41) is 13.2. The van der Waals surface area contributed by atoms with Crippen LogP contribution < -0.4 is 5.32 Å². The number of thiophene rings is 1. The van der Waals surface area contributed by atoms with Crippen LogP contribution in [0.1, 0.15) is 37.6 Å². The maximum Gasteiger partial charge on any atom is 0.408 e. The first kappa shape index (κ1) is 16.3. The number of amides is 2. The van der Waals surface area contributed by atoms with E-state index in [0.29, 0.717) is 25.1 Å². The van der Waals surface area contributed by atoms with Gasteiger partial charge in [-0.1, -0.05) is 0 Å². The van der Waals surface area contributed by atoms with E-state index in [1.54, 1.807) is 37.1 Å². The number of hydrogen-bond acceptors (Lipinski definition) is 5. The molecule has 0 aliphatic carbocycles. The van der Waals surface area contributed by atoms with Gasteiger partial charge in [0.05, 0.1) is 12.1 Å². The predicted octanol–water partition coefficient (Wildman–Crippen LogP) is 2.25. The number of carbonyl (C=O) groups excluding carboxylic acids is 2. The molecule has 22 heavy (non-hydrogen) atoms. The second kappa shape index (κ2) is 6.36. The molecule has 0 radical (unpaired) electrons. The first-order valence-corrected chi connectivity index (χ1v) is 7.92. The quantitative estimate of drug-likeness (QED) is 0.925. The van der Waals surface area contributed by atoms with Crippen LogP contribution in [-0.4, -0.2) is 35.1 Å². The highest BCUT2D eigenvalue weighted by Gasteiger charge is 2.33. The molecule has 1 aromatic rings. The average Bonchev–Trinajstić information content (AvgIpc) is 2.98. The first-order chi connectivity index (χ1) is 10.3. The molecule has 7 heteroatoms. The van der Waals surface area contributed by atoms with E-state index in [0.717, 1.165) is 4.88 Å². The van der Waals surface area contributed by atoms with Crippen molar-refractivity contribution in [2.24, 2.45) is 0 Å². The summed E-state index contributed by atoms with van der Waals surface area (Å²) in [6.45, 7) is 6.38. The zero-order valence-electron chi connectivity index (χ0n) is 12.9. The van der Waals surface area contributed by atoms with Crippen LogP contribution in [0.2, 0.25) is 0 Å². The summed E-state index contributed by atoms with van der Waals surface area (Å²) >= 11 is 1.46. The molecule has 1 aliphatic rings. The lowest BCUT2D eigenvalue weighted by atomic mass is 10.2. The molecule has 1 atom stereocenters. The first-order valence-electron chi connectivity index (χ1n) is 7.04. The van der Waals surface area contributed by atoms with E-state index in [1.165, 1.54) is 11.3 Å². The highest BCUT2D eigenvalue weighted by Crippen LogP contribution is 2.20. The Morgan fingerprint density at radius 1 is 1.59 bits per heavy atom. The van der Waals surface area contributed by atoms with E-state index >= 15 is 0 Å². The van der Waals surface area contributed by atoms with Gasteiger partial charge in [-0.25, -0.2) is 4.79 Å². The zero-order valence-corrected chi connectivity index (χ0v) is 13.7. The number of likely N-dealkylation sites (tertiary alicyclic amines) is 1. The van der Waals surface area contributed by atoms with Gasteiger partial charge >= 0.3 is 6.09 Å². The summed E-state index contributed by atoms with van der Waals surface area (Å²) in [6.07, 6.45) is -0.00948. The van der Waals surface area contributed by atoms with Gasteiger partial charge in [0.2, 0.25) is 5.91 Å². The van der Waals surface area contributed by atoms with Crippen LogP contribution in [0.15, 0.2) is 11.4 Å². The predicted molar refractivity (Wildman–Crippen MR) is 82.2 cm³/mol. The SMILES string of the molecule is CC(C)(C)OC(=O)N[C@H]1CCN(Cc2cc(C#N)cs2)C1=O. The van der Waals surface area contributed by atoms with Gasteiger partial charge in [0.1, 0.15) is 17.7 Å². The lowest BCUT2D eigenvalue weighted by Gasteiger charge is -2.21. The van der Waals surface area contributed by atoms with Gasteiger partial charge in [0.15, 0.2) is 0 Å². The number of alkyl carbamates (subject to hydrolysis) is 1. The fraction of sp³-hybridized carbons (Fsp3) is 0.533. The minimum absolute atomic E-state index is 0.113. The molecule has 1 saturated heterocycles. The third kappa shape index (κ3) is 4.21. The molecule has 1 N–H and O–H groups in total. The monoisotopic (exact) mass is 321 g/mol. The number of nitrogens with zero attached hydrogens (tertiary/aromatic N) is 2. The van der Waals surface area contributed by atoms with Crippen molar-refractivity contribution in [1.29, 1.82) is 5.26 Å². The molecule has 118 valence electrons. The minimum atomic E-state index is -0.587. The summed E-state index contributed by atoms with van der Waals surface area (Å²) in [6, 6.07) is 3.32. The molecule has 1 aromatic heterocycles. The molecule has 1 aliphatic heterocycles. The van der Waals surface area contributed by atoms with Crippen LogP contribution in [0.25, 0.3) is 0 Å². The van der Waals surface area contributed by atoms with Gasteiger partial charge < -0.3 is 15.0 Å². The Kier molecular flexibility index (Phi) is 4.71. The van der Waals surface area contributed by atoms with Crippen LogP contribution >= 0.6 is 11.3 Å². The Morgan fingerprint density at radius 3 is 2.91 bits per heavy atom. The van der Waals surface area contributed by atoms with Crippen LogP contribution in [0, 0.1) is 11.3 Å². The lowest BCUT2D eigenvalue weighted by Crippen LogP contribution is -2.43. The normalized spacial score (nSPS) is 18.2. The Labute approximate surface area is 133 Å². The Hall–Kier alpha value is -2.07. The maximum atomic E-state index is 12.3. The van der Waals surface area contributed by atoms with Crippen LogP contribution in [-0.2, 0) is 16.1 Å². The van der Waals surface area contributed by atoms with Crippen molar-refractivity contribution in [1.82, 2.24) is 10.2 Å². The number of rotatable bonds is 3. The van der Waals surface area contributed by atoms with Crippen molar-refractivity contribution in [2.45, 2.75) is 45.4 Å². The number of carbonyl (C=O) groups is 2. The molecule has 2 rings (SSSR count). The minimum Gasteiger partial charge on any atom is -0.444 e. The molecule has 0 unspecified atom stereocenters. The summed E-state index contributed by atoms with van der Waals surface area (Å²) in [7, 11) is 0. The summed E-state index contributed by atoms with van der Waals surface area (Å²) in [4.78, 5) is 26.7. The van der Waals surface area contributed by atoms with Gasteiger partial charge in [0.25, 0.3) is 0 Å². The third-order valence-electron chi connectivity index (χ3n) is 3.12. The molecule has 0 saturated carbocycles. The average molecular weight is 321 g/mol. The molecule has 0 aromatic carbocycles. The van der Waals surface area contributed by atoms with Crippen molar-refractivity contribution in [3.8, 4) is 6.07 Å². The van der Waals surface area contributed by atoms with Crippen LogP contribution in [0.5, 0.6) is 0 Å². The second-order valence-corrected chi connectivity index (χ2v) is 7.16. The lowest BCUT2D eigenvalue weighted by molar-refractivity contribution is -0.129. The molecular formula is C15H19N3O3S. The van der Waals surface area contributed by atoms with E-state index in [4.69, 9.17) is 10.00 Å². The zero-order chi connectivity index (χ0) is 16.3. The van der Waals surface area contributed by atoms with Gasteiger partial charge in [0, 0.05) is 16.8 Å². The highest BCUT2D eigenvalue weighted by atomic mass is 32.1. The second-order valence-electron chi connectivity index (χ2n) is 6.16. The van der Waals surface area contributed by atoms with Crippen molar-refractivity contribution in [2.75, 3.05) is 6.54 Å². The third-order valence-corrected chi connectivity index (χ3v) is 4.04. The fourth-order valence-corrected chi connectivity index (χ4v) is 3.01. The van der Waals surface area contributed by atoms with E-state index in [2.05, 4.69) is 11.4 Å². The van der Waals surface area contributed by atoms with Crippen molar-refractivity contribution >= 4 is 23.3 Å². The maximum absolute atomic E-state index is 12.3. The van der Waals surface area contributed by atoms with E-state index in [-0.39, 0.29) is 5.91 Å². The molecule has 0 spiro atoms. The highest BCUT2D eigenvalue weighted by molar-refractivity contribution is 7.10.